The Hall–Kier alpha value is -3.16. The second kappa shape index (κ2) is 7.16. The van der Waals surface area contributed by atoms with E-state index < -0.39 is 17.8 Å². The molecule has 130 valence electrons. The van der Waals surface area contributed by atoms with Gasteiger partial charge in [0.1, 0.15) is 11.3 Å². The monoisotopic (exact) mass is 343 g/mol. The maximum atomic E-state index is 11.9. The van der Waals surface area contributed by atoms with Crippen LogP contribution in [0.1, 0.15) is 18.4 Å². The minimum absolute atomic E-state index is 0.0205. The van der Waals surface area contributed by atoms with Gasteiger partial charge >= 0.3 is 6.03 Å². The first-order valence-corrected chi connectivity index (χ1v) is 7.92. The van der Waals surface area contributed by atoms with E-state index in [1.54, 1.807) is 29.2 Å². The van der Waals surface area contributed by atoms with Gasteiger partial charge in [-0.1, -0.05) is 12.1 Å². The smallest absolute Gasteiger partial charge is 0.328 e. The van der Waals surface area contributed by atoms with E-state index >= 15 is 0 Å². The maximum absolute atomic E-state index is 11.9. The van der Waals surface area contributed by atoms with Crippen LogP contribution in [0, 0.1) is 0 Å². The Kier molecular flexibility index (Phi) is 4.78. The summed E-state index contributed by atoms with van der Waals surface area (Å²) in [5, 5.41) is 4.01. The number of carbonyl (C=O) groups is 4. The lowest BCUT2D eigenvalue weighted by Crippen LogP contribution is -2.51. The molecule has 0 bridgehead atoms. The topological polar surface area (TPSA) is 105 Å². The van der Waals surface area contributed by atoms with Gasteiger partial charge in [0.15, 0.2) is 6.61 Å². The highest BCUT2D eigenvalue weighted by atomic mass is 16.5. The number of benzene rings is 1. The number of nitrogens with zero attached hydrogens (tertiary/aromatic N) is 1. The van der Waals surface area contributed by atoms with Crippen molar-refractivity contribution in [1.82, 2.24) is 15.5 Å². The van der Waals surface area contributed by atoms with Gasteiger partial charge < -0.3 is 9.64 Å². The average Bonchev–Trinajstić information content (AvgIpc) is 3.11. The molecule has 0 radical (unpaired) electrons. The second-order valence-electron chi connectivity index (χ2n) is 5.74. The van der Waals surface area contributed by atoms with Crippen LogP contribution >= 0.6 is 0 Å². The molecule has 2 aliphatic heterocycles. The van der Waals surface area contributed by atoms with E-state index in [0.717, 1.165) is 25.9 Å². The van der Waals surface area contributed by atoms with Crippen LogP contribution in [-0.4, -0.2) is 48.3 Å². The van der Waals surface area contributed by atoms with Crippen LogP contribution in [0.4, 0.5) is 4.79 Å². The summed E-state index contributed by atoms with van der Waals surface area (Å²) in [5.74, 6) is -1.01. The highest BCUT2D eigenvalue weighted by molar-refractivity contribution is 6.31. The molecule has 1 aromatic carbocycles. The summed E-state index contributed by atoms with van der Waals surface area (Å²) in [4.78, 5) is 48.0. The normalized spacial score (nSPS) is 17.2. The molecule has 0 spiro atoms. The van der Waals surface area contributed by atoms with Crippen LogP contribution in [0.2, 0.25) is 0 Å². The summed E-state index contributed by atoms with van der Waals surface area (Å²) < 4.78 is 5.47. The second-order valence-corrected chi connectivity index (χ2v) is 5.74. The maximum Gasteiger partial charge on any atom is 0.328 e. The van der Waals surface area contributed by atoms with E-state index in [9.17, 15) is 19.2 Å². The number of likely N-dealkylation sites (tertiary alicyclic amines) is 1. The van der Waals surface area contributed by atoms with Gasteiger partial charge in [0, 0.05) is 13.1 Å². The van der Waals surface area contributed by atoms with Gasteiger partial charge in [0.2, 0.25) is 0 Å². The third-order valence-corrected chi connectivity index (χ3v) is 3.96. The first-order chi connectivity index (χ1) is 12.0. The fourth-order valence-electron chi connectivity index (χ4n) is 2.64. The lowest BCUT2D eigenvalue weighted by Gasteiger charge is -2.15. The minimum atomic E-state index is -0.835. The highest BCUT2D eigenvalue weighted by Crippen LogP contribution is 2.16. The Morgan fingerprint density at radius 2 is 1.64 bits per heavy atom. The van der Waals surface area contributed by atoms with Crippen LogP contribution < -0.4 is 15.4 Å². The van der Waals surface area contributed by atoms with Gasteiger partial charge in [-0.25, -0.2) is 4.79 Å². The predicted octanol–water partition coefficient (Wildman–Crippen LogP) is 0.437. The number of carbonyl (C=O) groups excluding carboxylic acids is 4. The molecule has 2 saturated heterocycles. The van der Waals surface area contributed by atoms with E-state index in [-0.39, 0.29) is 18.1 Å². The van der Waals surface area contributed by atoms with Gasteiger partial charge in [0.05, 0.1) is 0 Å². The van der Waals surface area contributed by atoms with Crippen molar-refractivity contribution in [2.75, 3.05) is 19.7 Å². The SMILES string of the molecule is O=C1NC(=O)C(=Cc2ccc(OCC(=O)N3CCCC3)cc2)C(=O)N1. The quantitative estimate of drug-likeness (QED) is 0.610. The number of amides is 5. The number of ether oxygens (including phenoxy) is 1. The van der Waals surface area contributed by atoms with Gasteiger partial charge in [-0.3, -0.25) is 25.0 Å². The molecule has 2 aliphatic rings. The van der Waals surface area contributed by atoms with E-state index in [1.807, 2.05) is 10.6 Å². The lowest BCUT2D eigenvalue weighted by molar-refractivity contribution is -0.132. The van der Waals surface area contributed by atoms with Crippen LogP contribution in [0.15, 0.2) is 29.8 Å². The molecule has 2 N–H and O–H groups in total. The molecule has 2 heterocycles. The molecule has 0 aromatic heterocycles. The van der Waals surface area contributed by atoms with Crippen LogP contribution in [0.5, 0.6) is 5.75 Å². The molecule has 0 saturated carbocycles. The van der Waals surface area contributed by atoms with E-state index in [4.69, 9.17) is 4.74 Å². The Bertz CT molecular complexity index is 726. The molecule has 2 fully saturated rings. The first kappa shape index (κ1) is 16.7. The third-order valence-electron chi connectivity index (χ3n) is 3.96. The summed E-state index contributed by atoms with van der Waals surface area (Å²) in [6, 6.07) is 5.76. The molecular formula is C17H17N3O5. The highest BCUT2D eigenvalue weighted by Gasteiger charge is 2.27. The van der Waals surface area contributed by atoms with Gasteiger partial charge in [-0.2, -0.15) is 0 Å². The fraction of sp³-hybridized carbons (Fsp3) is 0.294. The van der Waals surface area contributed by atoms with E-state index in [1.165, 1.54) is 6.08 Å². The first-order valence-electron chi connectivity index (χ1n) is 7.92. The Morgan fingerprint density at radius 3 is 2.24 bits per heavy atom. The fourth-order valence-corrected chi connectivity index (χ4v) is 2.64. The van der Waals surface area contributed by atoms with Crippen molar-refractivity contribution in [3.05, 3.63) is 35.4 Å². The Balaban J connectivity index is 1.61. The van der Waals surface area contributed by atoms with Crippen molar-refractivity contribution in [1.29, 1.82) is 0 Å². The lowest BCUT2D eigenvalue weighted by atomic mass is 10.1. The van der Waals surface area contributed by atoms with E-state index in [2.05, 4.69) is 0 Å². The molecule has 3 rings (SSSR count). The van der Waals surface area contributed by atoms with Crippen molar-refractivity contribution in [3.8, 4) is 5.75 Å². The van der Waals surface area contributed by atoms with Gasteiger partial charge in [0.25, 0.3) is 17.7 Å². The van der Waals surface area contributed by atoms with Crippen molar-refractivity contribution in [2.24, 2.45) is 0 Å². The van der Waals surface area contributed by atoms with Crippen molar-refractivity contribution in [3.63, 3.8) is 0 Å². The zero-order chi connectivity index (χ0) is 17.8. The number of hydrogen-bond donors (Lipinski definition) is 2. The zero-order valence-electron chi connectivity index (χ0n) is 13.4. The van der Waals surface area contributed by atoms with Gasteiger partial charge in [-0.05, 0) is 36.6 Å². The number of rotatable bonds is 4. The molecular weight excluding hydrogens is 326 g/mol. The molecule has 8 nitrogen and oxygen atoms in total. The molecule has 0 atom stereocenters. The minimum Gasteiger partial charge on any atom is -0.484 e. The number of imide groups is 2. The zero-order valence-corrected chi connectivity index (χ0v) is 13.4. The van der Waals surface area contributed by atoms with E-state index in [0.29, 0.717) is 11.3 Å². The van der Waals surface area contributed by atoms with Crippen molar-refractivity contribution in [2.45, 2.75) is 12.8 Å². The number of urea groups is 1. The predicted molar refractivity (Wildman–Crippen MR) is 87.4 cm³/mol. The summed E-state index contributed by atoms with van der Waals surface area (Å²) >= 11 is 0. The molecule has 5 amide bonds. The number of barbiturate groups is 1. The molecule has 0 unspecified atom stereocenters. The Morgan fingerprint density at radius 1 is 1.04 bits per heavy atom. The molecule has 0 aliphatic carbocycles. The van der Waals surface area contributed by atoms with Crippen LogP contribution in [0.25, 0.3) is 6.08 Å². The van der Waals surface area contributed by atoms with Crippen molar-refractivity contribution >= 4 is 29.8 Å². The van der Waals surface area contributed by atoms with Gasteiger partial charge in [-0.15, -0.1) is 0 Å². The van der Waals surface area contributed by atoms with Crippen LogP contribution in [0.3, 0.4) is 0 Å². The summed E-state index contributed by atoms with van der Waals surface area (Å²) in [6.45, 7) is 1.54. The number of nitrogens with one attached hydrogen (secondary N) is 2. The largest absolute Gasteiger partial charge is 0.484 e. The summed E-state index contributed by atoms with van der Waals surface area (Å²) in [7, 11) is 0. The van der Waals surface area contributed by atoms with Crippen molar-refractivity contribution < 1.29 is 23.9 Å². The standard InChI is InChI=1S/C17H17N3O5/c21-14(20-7-1-2-8-20)10-25-12-5-3-11(4-6-12)9-13-15(22)18-17(24)19-16(13)23/h3-6,9H,1-2,7-8,10H2,(H2,18,19,22,23,24). The third kappa shape index (κ3) is 4.03. The Labute approximate surface area is 143 Å². The summed E-state index contributed by atoms with van der Waals surface area (Å²) in [5.41, 5.74) is 0.436. The molecule has 1 aromatic rings. The average molecular weight is 343 g/mol. The number of hydrogen-bond acceptors (Lipinski definition) is 5. The summed E-state index contributed by atoms with van der Waals surface area (Å²) in [6.07, 6.45) is 3.43. The molecule has 8 heteroatoms. The molecule has 25 heavy (non-hydrogen) atoms. The van der Waals surface area contributed by atoms with Crippen LogP contribution in [-0.2, 0) is 14.4 Å².